The highest BCUT2D eigenvalue weighted by molar-refractivity contribution is 6.27. The Morgan fingerprint density at radius 2 is 0.862 bits per heavy atom. The first-order chi connectivity index (χ1) is 28.0. The van der Waals surface area contributed by atoms with Crippen molar-refractivity contribution < 1.29 is 67.2 Å². The van der Waals surface area contributed by atoms with Gasteiger partial charge in [-0.15, -0.1) is 0 Å². The molecule has 58 heavy (non-hydrogen) atoms. The fourth-order valence-corrected chi connectivity index (χ4v) is 5.83. The van der Waals surface area contributed by atoms with E-state index in [-0.39, 0.29) is 24.3 Å². The number of para-hydroxylation sites is 4. The van der Waals surface area contributed by atoms with Crippen LogP contribution < -0.4 is 58.0 Å². The number of carbonyl (C=O) groups is 2. The Balaban J connectivity index is 0.000000225. The second-order valence-corrected chi connectivity index (χ2v) is 12.8. The topological polar surface area (TPSA) is 191 Å². The number of carboxylic acids is 2. The van der Waals surface area contributed by atoms with E-state index in [1.807, 2.05) is 72.8 Å². The lowest BCUT2D eigenvalue weighted by Crippen LogP contribution is -2.45. The lowest BCUT2D eigenvalue weighted by Gasteiger charge is -2.31. The third kappa shape index (κ3) is 11.9. The number of hydrogen-bond donors (Lipinski definition) is 4. The molecule has 0 amide bonds. The molecule has 0 saturated carbocycles. The molecule has 0 radical (unpaired) electrons. The molecular formula is C42H52N2O14. The first-order valence-corrected chi connectivity index (χ1v) is 18.2. The molecule has 0 spiro atoms. The van der Waals surface area contributed by atoms with Gasteiger partial charge >= 0.3 is 11.9 Å². The number of aliphatic carboxylic acids is 2. The smallest absolute Gasteiger partial charge is 0.414 e. The summed E-state index contributed by atoms with van der Waals surface area (Å²) in [7, 11) is 9.74. The summed E-state index contributed by atoms with van der Waals surface area (Å²) in [6.07, 6.45) is -0.146. The van der Waals surface area contributed by atoms with Gasteiger partial charge in [0, 0.05) is 48.4 Å². The lowest BCUT2D eigenvalue weighted by molar-refractivity contribution is -0.159. The van der Waals surface area contributed by atoms with E-state index < -0.39 is 11.9 Å². The Labute approximate surface area is 337 Å². The highest BCUT2D eigenvalue weighted by Gasteiger charge is 2.27. The van der Waals surface area contributed by atoms with E-state index >= 15 is 0 Å². The van der Waals surface area contributed by atoms with Gasteiger partial charge in [0.15, 0.2) is 46.0 Å². The normalized spacial score (nSPS) is 15.7. The number of benzene rings is 4. The Kier molecular flexibility index (Phi) is 16.8. The number of carboxylic acid groups (broad SMARTS) is 2. The maximum absolute atomic E-state index is 9.10. The molecule has 0 bridgehead atoms. The summed E-state index contributed by atoms with van der Waals surface area (Å²) in [5.41, 5.74) is 1.96. The molecule has 4 N–H and O–H groups in total. The third-order valence-electron chi connectivity index (χ3n) is 9.16. The molecule has 4 aromatic rings. The standard InChI is InChI=1S/2C20H25NO5.C2H2O4/c2*1-13(20-12-25-15-7-5-6-8-16(15)26-20)21-11-14-9-18(23-3)19(24-4)10-17(14)22-2;3-1(4)2(5)6/h2*5-10,13,20-21H,11-12H2,1-4H3;(H,3,4)(H,5,6). The SMILES string of the molecule is COc1cc(OC)c(OC)cc1CNC(C)C1COc2ccccc2O1.COc1cc(OC)c(OC)cc1CNC(C)C1COc2ccccc2O1.O=C(O)C(=O)O. The van der Waals surface area contributed by atoms with Crippen molar-refractivity contribution in [2.45, 2.75) is 51.2 Å². The van der Waals surface area contributed by atoms with Gasteiger partial charge in [-0.25, -0.2) is 9.59 Å². The summed E-state index contributed by atoms with van der Waals surface area (Å²) >= 11 is 0. The van der Waals surface area contributed by atoms with E-state index in [0.717, 1.165) is 45.6 Å². The Morgan fingerprint density at radius 3 is 1.17 bits per heavy atom. The van der Waals surface area contributed by atoms with Gasteiger partial charge in [0.25, 0.3) is 0 Å². The minimum atomic E-state index is -1.82. The highest BCUT2D eigenvalue weighted by atomic mass is 16.6. The molecule has 16 nitrogen and oxygen atoms in total. The summed E-state index contributed by atoms with van der Waals surface area (Å²) in [6, 6.07) is 23.1. The molecule has 4 unspecified atom stereocenters. The van der Waals surface area contributed by atoms with Gasteiger partial charge in [-0.05, 0) is 50.2 Å². The number of hydrogen-bond acceptors (Lipinski definition) is 14. The summed E-state index contributed by atoms with van der Waals surface area (Å²) in [5, 5.41) is 21.7. The van der Waals surface area contributed by atoms with Crippen LogP contribution in [0, 0.1) is 0 Å². The fourth-order valence-electron chi connectivity index (χ4n) is 5.83. The monoisotopic (exact) mass is 808 g/mol. The summed E-state index contributed by atoms with van der Waals surface area (Å²) in [6.45, 7) is 6.38. The maximum Gasteiger partial charge on any atom is 0.414 e. The zero-order chi connectivity index (χ0) is 42.2. The Bertz CT molecular complexity index is 1820. The highest BCUT2D eigenvalue weighted by Crippen LogP contribution is 2.37. The minimum absolute atomic E-state index is 0.0731. The van der Waals surface area contributed by atoms with E-state index in [4.69, 9.17) is 67.2 Å². The van der Waals surface area contributed by atoms with E-state index in [1.165, 1.54) is 0 Å². The van der Waals surface area contributed by atoms with Gasteiger partial charge in [0.1, 0.15) is 36.9 Å². The van der Waals surface area contributed by atoms with Crippen molar-refractivity contribution in [3.05, 3.63) is 83.9 Å². The van der Waals surface area contributed by atoms with Crippen molar-refractivity contribution in [2.24, 2.45) is 0 Å². The van der Waals surface area contributed by atoms with Crippen molar-refractivity contribution in [1.82, 2.24) is 10.6 Å². The molecule has 4 aromatic carbocycles. The number of nitrogens with one attached hydrogen (secondary N) is 2. The molecule has 0 fully saturated rings. The maximum atomic E-state index is 9.10. The number of fused-ring (bicyclic) bond motifs is 2. The lowest BCUT2D eigenvalue weighted by atomic mass is 10.1. The van der Waals surface area contributed by atoms with Crippen molar-refractivity contribution in [1.29, 1.82) is 0 Å². The van der Waals surface area contributed by atoms with E-state index in [1.54, 1.807) is 42.7 Å². The summed E-state index contributed by atoms with van der Waals surface area (Å²) < 4.78 is 56.1. The molecule has 2 aliphatic heterocycles. The number of ether oxygens (including phenoxy) is 10. The predicted molar refractivity (Wildman–Crippen MR) is 213 cm³/mol. The van der Waals surface area contributed by atoms with Gasteiger partial charge in [-0.2, -0.15) is 0 Å². The van der Waals surface area contributed by atoms with Crippen LogP contribution in [0.15, 0.2) is 72.8 Å². The first kappa shape index (κ1) is 44.5. The fraction of sp³-hybridized carbons (Fsp3) is 0.381. The molecule has 0 aliphatic carbocycles. The van der Waals surface area contributed by atoms with Crippen LogP contribution in [0.5, 0.6) is 57.5 Å². The van der Waals surface area contributed by atoms with Crippen LogP contribution in [0.25, 0.3) is 0 Å². The molecule has 4 atom stereocenters. The van der Waals surface area contributed by atoms with E-state index in [0.29, 0.717) is 49.3 Å². The molecule has 0 aromatic heterocycles. The second-order valence-electron chi connectivity index (χ2n) is 12.8. The van der Waals surface area contributed by atoms with E-state index in [2.05, 4.69) is 24.5 Å². The number of methoxy groups -OCH3 is 6. The molecular weight excluding hydrogens is 756 g/mol. The molecule has 2 heterocycles. The average molecular weight is 809 g/mol. The third-order valence-corrected chi connectivity index (χ3v) is 9.16. The Morgan fingerprint density at radius 1 is 0.552 bits per heavy atom. The van der Waals surface area contributed by atoms with Gasteiger partial charge in [0.2, 0.25) is 0 Å². The zero-order valence-electron chi connectivity index (χ0n) is 33.9. The average Bonchev–Trinajstić information content (AvgIpc) is 3.26. The van der Waals surface area contributed by atoms with Crippen LogP contribution in [-0.2, 0) is 22.7 Å². The summed E-state index contributed by atoms with van der Waals surface area (Å²) in [5.74, 6) is 3.60. The molecule has 2 aliphatic rings. The summed E-state index contributed by atoms with van der Waals surface area (Å²) in [4.78, 5) is 18.2. The van der Waals surface area contributed by atoms with Crippen LogP contribution in [0.2, 0.25) is 0 Å². The second kappa shape index (κ2) is 21.9. The largest absolute Gasteiger partial charge is 0.496 e. The van der Waals surface area contributed by atoms with Gasteiger partial charge in [-0.3, -0.25) is 0 Å². The predicted octanol–water partition coefficient (Wildman–Crippen LogP) is 5.22. The molecule has 6 rings (SSSR count). The molecule has 0 saturated heterocycles. The van der Waals surface area contributed by atoms with Crippen molar-refractivity contribution >= 4 is 11.9 Å². The molecule has 16 heteroatoms. The van der Waals surface area contributed by atoms with Gasteiger partial charge < -0.3 is 68.2 Å². The van der Waals surface area contributed by atoms with Crippen LogP contribution in [0.4, 0.5) is 0 Å². The van der Waals surface area contributed by atoms with Crippen LogP contribution >= 0.6 is 0 Å². The quantitative estimate of drug-likeness (QED) is 0.121. The van der Waals surface area contributed by atoms with Crippen molar-refractivity contribution in [3.8, 4) is 57.5 Å². The van der Waals surface area contributed by atoms with Crippen LogP contribution in [-0.4, -0.2) is 102 Å². The molecule has 314 valence electrons. The van der Waals surface area contributed by atoms with Crippen LogP contribution in [0.1, 0.15) is 25.0 Å². The van der Waals surface area contributed by atoms with Crippen molar-refractivity contribution in [3.63, 3.8) is 0 Å². The van der Waals surface area contributed by atoms with Crippen LogP contribution in [0.3, 0.4) is 0 Å². The minimum Gasteiger partial charge on any atom is -0.496 e. The van der Waals surface area contributed by atoms with Gasteiger partial charge in [0.05, 0.1) is 42.7 Å². The first-order valence-electron chi connectivity index (χ1n) is 18.2. The number of rotatable bonds is 14. The van der Waals surface area contributed by atoms with Crippen molar-refractivity contribution in [2.75, 3.05) is 55.9 Å². The van der Waals surface area contributed by atoms with Gasteiger partial charge in [-0.1, -0.05) is 24.3 Å². The van der Waals surface area contributed by atoms with E-state index in [9.17, 15) is 0 Å². The zero-order valence-corrected chi connectivity index (χ0v) is 33.9. The Hall–Kier alpha value is -6.26.